The Bertz CT molecular complexity index is 2210. The molecular formula is C49H70N6O2+2. The van der Waals surface area contributed by atoms with Gasteiger partial charge in [-0.2, -0.15) is 0 Å². The number of ether oxygens (including phenoxy) is 2. The van der Waals surface area contributed by atoms with Gasteiger partial charge in [-0.3, -0.25) is 0 Å². The molecule has 0 aliphatic carbocycles. The van der Waals surface area contributed by atoms with Crippen LogP contribution >= 0.6 is 0 Å². The fourth-order valence-corrected chi connectivity index (χ4v) is 7.90. The van der Waals surface area contributed by atoms with Crippen molar-refractivity contribution in [3.63, 3.8) is 0 Å². The van der Waals surface area contributed by atoms with Gasteiger partial charge >= 0.3 is 0 Å². The van der Waals surface area contributed by atoms with Crippen LogP contribution in [-0.2, 0) is 0 Å². The Morgan fingerprint density at radius 1 is 0.526 bits per heavy atom. The van der Waals surface area contributed by atoms with Crippen molar-refractivity contribution in [3.8, 4) is 11.5 Å². The molecule has 8 bridgehead atoms. The minimum absolute atomic E-state index is 0.458. The van der Waals surface area contributed by atoms with Gasteiger partial charge in [-0.1, -0.05) is 39.0 Å². The molecule has 0 amide bonds. The number of nitrogens with one attached hydrogen (secondary N) is 4. The second kappa shape index (κ2) is 19.7. The molecule has 1 aliphatic heterocycles. The van der Waals surface area contributed by atoms with E-state index in [1.54, 1.807) is 0 Å². The first-order valence-electron chi connectivity index (χ1n) is 21.6. The standard InChI is InChI=1S/C49H70N6O2/c1-8-9-10-11-16-37(38-31-45(56-29-14-27-54(2,3)4)36-46(32-38)57-30-15-28-55(5,6)7)17-12-13-18-47-48-25-23-43(52-48)34-41-21-19-39(50-41)33-40-20-22-42(51-40)35-44-24-26-49(47)53-44/h19-26,31-37,50-53H,8-18,27-30H2,1-7H3/q+2. The lowest BCUT2D eigenvalue weighted by atomic mass is 9.87. The summed E-state index contributed by atoms with van der Waals surface area (Å²) in [5.41, 5.74) is 7.08. The normalized spacial score (nSPS) is 13.5. The van der Waals surface area contributed by atoms with Crippen molar-refractivity contribution in [2.24, 2.45) is 0 Å². The van der Waals surface area contributed by atoms with Crippen molar-refractivity contribution < 1.29 is 18.4 Å². The van der Waals surface area contributed by atoms with Crippen molar-refractivity contribution in [2.75, 3.05) is 68.6 Å². The number of rotatable bonds is 21. The summed E-state index contributed by atoms with van der Waals surface area (Å²) in [7, 11) is 13.5. The lowest BCUT2D eigenvalue weighted by Gasteiger charge is -2.24. The molecule has 1 aliphatic rings. The van der Waals surface area contributed by atoms with E-state index in [2.05, 4.69) is 154 Å². The van der Waals surface area contributed by atoms with E-state index in [4.69, 9.17) is 9.47 Å². The average Bonchev–Trinajstić information content (AvgIpc) is 3.99. The molecule has 5 heterocycles. The first-order valence-corrected chi connectivity index (χ1v) is 21.6. The van der Waals surface area contributed by atoms with E-state index in [-0.39, 0.29) is 0 Å². The number of aromatic amines is 4. The summed E-state index contributed by atoms with van der Waals surface area (Å²) in [5.74, 6) is 2.34. The zero-order valence-corrected chi connectivity index (χ0v) is 36.0. The van der Waals surface area contributed by atoms with E-state index >= 15 is 0 Å². The Labute approximate surface area is 341 Å². The quantitative estimate of drug-likeness (QED) is 0.0468. The van der Waals surface area contributed by atoms with Gasteiger partial charge in [0.15, 0.2) is 0 Å². The van der Waals surface area contributed by atoms with Crippen LogP contribution in [0.15, 0.2) is 66.7 Å². The van der Waals surface area contributed by atoms with E-state index in [1.165, 1.54) is 54.3 Å². The number of hydrogen-bond donors (Lipinski definition) is 4. The number of H-pyrrole nitrogens is 4. The zero-order valence-electron chi connectivity index (χ0n) is 36.0. The molecule has 1 unspecified atom stereocenters. The molecule has 6 rings (SSSR count). The van der Waals surface area contributed by atoms with Crippen LogP contribution in [0.25, 0.3) is 23.8 Å². The van der Waals surface area contributed by atoms with Gasteiger partial charge in [-0.05, 0) is 122 Å². The highest BCUT2D eigenvalue weighted by Gasteiger charge is 2.17. The minimum Gasteiger partial charge on any atom is -0.493 e. The van der Waals surface area contributed by atoms with E-state index in [9.17, 15) is 0 Å². The van der Waals surface area contributed by atoms with Gasteiger partial charge in [0.1, 0.15) is 11.5 Å². The van der Waals surface area contributed by atoms with Crippen molar-refractivity contribution in [1.29, 1.82) is 0 Å². The number of unbranched alkanes of at least 4 members (excludes halogenated alkanes) is 4. The van der Waals surface area contributed by atoms with Gasteiger partial charge in [0, 0.05) is 63.1 Å². The molecule has 0 fully saturated rings. The van der Waals surface area contributed by atoms with E-state index in [1.807, 2.05) is 0 Å². The second-order valence-electron chi connectivity index (χ2n) is 18.3. The van der Waals surface area contributed by atoms with Crippen LogP contribution < -0.4 is 30.9 Å². The number of hydrogen-bond acceptors (Lipinski definition) is 2. The maximum absolute atomic E-state index is 6.46. The molecular weight excluding hydrogens is 705 g/mol. The summed E-state index contributed by atoms with van der Waals surface area (Å²) in [4.78, 5) is 14.6. The lowest BCUT2D eigenvalue weighted by Crippen LogP contribution is -2.36. The van der Waals surface area contributed by atoms with Gasteiger partial charge in [0.25, 0.3) is 0 Å². The fourth-order valence-electron chi connectivity index (χ4n) is 7.90. The van der Waals surface area contributed by atoms with E-state index in [0.29, 0.717) is 19.1 Å². The van der Waals surface area contributed by atoms with Gasteiger partial charge in [0.05, 0.1) is 68.6 Å². The van der Waals surface area contributed by atoms with Gasteiger partial charge in [0.2, 0.25) is 0 Å². The fraction of sp³-hybridized carbons (Fsp3) is 0.469. The van der Waals surface area contributed by atoms with Crippen LogP contribution in [0.5, 0.6) is 11.5 Å². The van der Waals surface area contributed by atoms with Crippen LogP contribution in [-0.4, -0.2) is 97.5 Å². The molecule has 0 saturated heterocycles. The van der Waals surface area contributed by atoms with Crippen LogP contribution in [0.3, 0.4) is 0 Å². The third kappa shape index (κ3) is 13.5. The minimum atomic E-state index is 0.458. The SMILES string of the molecule is CCCCCCC(CCCCC1=c2ccc([nH]2)=Cc2ccc([nH]2)C=c2ccc([nH]2)=Cc2ccc1[nH]2)c1cc(OCCC[N+](C)(C)C)cc(OCCC[N+](C)(C)C)c1. The number of aromatic nitrogens is 4. The van der Waals surface area contributed by atoms with Crippen molar-refractivity contribution in [3.05, 3.63) is 116 Å². The Hall–Kier alpha value is -4.66. The Kier molecular flexibility index (Phi) is 14.5. The molecule has 5 aromatic rings. The molecule has 57 heavy (non-hydrogen) atoms. The Morgan fingerprint density at radius 2 is 1.07 bits per heavy atom. The smallest absolute Gasteiger partial charge is 0.123 e. The summed E-state index contributed by atoms with van der Waals surface area (Å²) < 4.78 is 14.8. The van der Waals surface area contributed by atoms with Gasteiger partial charge in [-0.25, -0.2) is 0 Å². The maximum atomic E-state index is 6.46. The molecule has 0 radical (unpaired) electrons. The summed E-state index contributed by atoms with van der Waals surface area (Å²) >= 11 is 0. The first-order chi connectivity index (χ1) is 27.4. The summed E-state index contributed by atoms with van der Waals surface area (Å²) in [6, 6.07) is 24.1. The third-order valence-electron chi connectivity index (χ3n) is 11.0. The average molecular weight is 775 g/mol. The summed E-state index contributed by atoms with van der Waals surface area (Å²) in [6.07, 6.45) is 19.2. The third-order valence-corrected chi connectivity index (χ3v) is 11.0. The molecule has 8 nitrogen and oxygen atoms in total. The topological polar surface area (TPSA) is 81.6 Å². The van der Waals surface area contributed by atoms with Crippen molar-refractivity contribution in [1.82, 2.24) is 19.9 Å². The van der Waals surface area contributed by atoms with Gasteiger partial charge < -0.3 is 38.4 Å². The Balaban J connectivity index is 1.22. The van der Waals surface area contributed by atoms with Crippen LogP contribution in [0.4, 0.5) is 0 Å². The molecule has 0 spiro atoms. The monoisotopic (exact) mass is 775 g/mol. The number of fused-ring (bicyclic) bond motifs is 8. The van der Waals surface area contributed by atoms with Crippen LogP contribution in [0.2, 0.25) is 0 Å². The number of benzene rings is 1. The van der Waals surface area contributed by atoms with Crippen LogP contribution in [0.1, 0.15) is 112 Å². The van der Waals surface area contributed by atoms with E-state index in [0.717, 1.165) is 105 Å². The molecule has 1 aromatic carbocycles. The summed E-state index contributed by atoms with van der Waals surface area (Å²) in [6.45, 7) is 5.89. The lowest BCUT2D eigenvalue weighted by molar-refractivity contribution is -0.870. The maximum Gasteiger partial charge on any atom is 0.123 e. The highest BCUT2D eigenvalue weighted by molar-refractivity contribution is 5.64. The Morgan fingerprint density at radius 3 is 1.67 bits per heavy atom. The summed E-state index contributed by atoms with van der Waals surface area (Å²) in [5, 5.41) is 4.40. The largest absolute Gasteiger partial charge is 0.493 e. The highest BCUT2D eigenvalue weighted by atomic mass is 16.5. The molecule has 306 valence electrons. The second-order valence-corrected chi connectivity index (χ2v) is 18.3. The molecule has 4 N–H and O–H groups in total. The van der Waals surface area contributed by atoms with Crippen LogP contribution in [0, 0.1) is 0 Å². The molecule has 1 atom stereocenters. The zero-order chi connectivity index (χ0) is 40.3. The number of nitrogens with zero attached hydrogens (tertiary/aromatic N) is 2. The predicted molar refractivity (Wildman–Crippen MR) is 237 cm³/mol. The first kappa shape index (κ1) is 42.0. The van der Waals surface area contributed by atoms with Crippen molar-refractivity contribution >= 4 is 23.8 Å². The van der Waals surface area contributed by atoms with E-state index < -0.39 is 0 Å². The van der Waals surface area contributed by atoms with Crippen molar-refractivity contribution in [2.45, 2.75) is 83.5 Å². The number of quaternary nitrogens is 2. The molecule has 8 heteroatoms. The molecule has 4 aromatic heterocycles. The van der Waals surface area contributed by atoms with Gasteiger partial charge in [-0.15, -0.1) is 0 Å². The highest BCUT2D eigenvalue weighted by Crippen LogP contribution is 2.35. The molecule has 0 saturated carbocycles. The predicted octanol–water partition coefficient (Wildman–Crippen LogP) is 7.26.